The van der Waals surface area contributed by atoms with Gasteiger partial charge in [-0.1, -0.05) is 6.07 Å². The number of nitro benzene ring substituents is 1. The molecule has 0 saturated carbocycles. The van der Waals surface area contributed by atoms with Gasteiger partial charge in [-0.05, 0) is 24.3 Å². The highest BCUT2D eigenvalue weighted by Crippen LogP contribution is 2.31. The van der Waals surface area contributed by atoms with E-state index in [4.69, 9.17) is 4.74 Å². The Labute approximate surface area is 158 Å². The molecule has 0 atom stereocenters. The van der Waals surface area contributed by atoms with Crippen molar-refractivity contribution in [2.45, 2.75) is 0 Å². The Bertz CT molecular complexity index is 1090. The van der Waals surface area contributed by atoms with Gasteiger partial charge in [-0.2, -0.15) is 4.98 Å². The summed E-state index contributed by atoms with van der Waals surface area (Å²) >= 11 is 0. The van der Waals surface area contributed by atoms with Crippen molar-refractivity contribution < 1.29 is 14.1 Å². The molecule has 0 spiro atoms. The fraction of sp³-hybridized carbons (Fsp3) is 0. The van der Waals surface area contributed by atoms with Crippen LogP contribution in [0.4, 0.5) is 38.9 Å². The Kier molecular flexibility index (Phi) is 4.42. The van der Waals surface area contributed by atoms with Crippen LogP contribution in [0.5, 0.6) is 5.75 Å². The van der Waals surface area contributed by atoms with Gasteiger partial charge in [-0.15, -0.1) is 0 Å². The molecule has 10 heteroatoms. The lowest BCUT2D eigenvalue weighted by Gasteiger charge is -2.15. The van der Waals surface area contributed by atoms with Gasteiger partial charge in [0.2, 0.25) is 5.95 Å². The van der Waals surface area contributed by atoms with E-state index in [2.05, 4.69) is 25.9 Å². The van der Waals surface area contributed by atoms with E-state index in [0.29, 0.717) is 17.1 Å². The third-order valence-corrected chi connectivity index (χ3v) is 3.80. The van der Waals surface area contributed by atoms with Crippen LogP contribution in [0.3, 0.4) is 0 Å². The Morgan fingerprint density at radius 3 is 2.86 bits per heavy atom. The molecule has 4 rings (SSSR count). The molecule has 3 aromatic rings. The summed E-state index contributed by atoms with van der Waals surface area (Å²) in [7, 11) is 0. The number of non-ortho nitro benzene ring substituents is 1. The molecule has 1 aliphatic rings. The number of halogens is 1. The molecular weight excluding hydrogens is 367 g/mol. The molecule has 0 saturated heterocycles. The van der Waals surface area contributed by atoms with Gasteiger partial charge in [0.1, 0.15) is 12.0 Å². The Morgan fingerprint density at radius 1 is 1.14 bits per heavy atom. The molecule has 3 N–H and O–H groups in total. The monoisotopic (exact) mass is 380 g/mol. The molecule has 0 bridgehead atoms. The standard InChI is InChI=1S/C18H13FN6O3/c19-14-10-21-18(23-12-4-5-16-15(9-12)20-6-7-28-16)24-17(14)22-11-2-1-3-13(8-11)25(26)27/h1-10,20H,(H2,21,22,23,24). The van der Waals surface area contributed by atoms with E-state index in [9.17, 15) is 14.5 Å². The predicted molar refractivity (Wildman–Crippen MR) is 101 cm³/mol. The minimum Gasteiger partial charge on any atom is -0.461 e. The molecular formula is C18H13FN6O3. The van der Waals surface area contributed by atoms with Gasteiger partial charge < -0.3 is 20.7 Å². The average molecular weight is 380 g/mol. The third-order valence-electron chi connectivity index (χ3n) is 3.80. The van der Waals surface area contributed by atoms with Crippen molar-refractivity contribution in [1.29, 1.82) is 0 Å². The number of anilines is 5. The van der Waals surface area contributed by atoms with Crippen molar-refractivity contribution in [3.05, 3.63) is 77.1 Å². The van der Waals surface area contributed by atoms with Gasteiger partial charge in [0.25, 0.3) is 5.69 Å². The highest BCUT2D eigenvalue weighted by Gasteiger charge is 2.12. The smallest absolute Gasteiger partial charge is 0.271 e. The topological polar surface area (TPSA) is 114 Å². The number of hydrogen-bond donors (Lipinski definition) is 3. The van der Waals surface area contributed by atoms with Crippen LogP contribution >= 0.6 is 0 Å². The van der Waals surface area contributed by atoms with Crippen LogP contribution in [-0.2, 0) is 0 Å². The second-order valence-electron chi connectivity index (χ2n) is 5.72. The number of ether oxygens (including phenoxy) is 1. The van der Waals surface area contributed by atoms with Crippen LogP contribution in [0.1, 0.15) is 0 Å². The zero-order valence-electron chi connectivity index (χ0n) is 14.2. The van der Waals surface area contributed by atoms with Gasteiger partial charge in [-0.25, -0.2) is 9.37 Å². The second kappa shape index (κ2) is 7.19. The van der Waals surface area contributed by atoms with Crippen molar-refractivity contribution in [1.82, 2.24) is 9.97 Å². The van der Waals surface area contributed by atoms with Gasteiger partial charge in [0.05, 0.1) is 16.8 Å². The first kappa shape index (κ1) is 17.2. The average Bonchev–Trinajstić information content (AvgIpc) is 2.70. The number of nitro groups is 1. The summed E-state index contributed by atoms with van der Waals surface area (Å²) in [6.45, 7) is 0. The first-order chi connectivity index (χ1) is 13.6. The molecule has 140 valence electrons. The van der Waals surface area contributed by atoms with E-state index in [1.165, 1.54) is 24.5 Å². The van der Waals surface area contributed by atoms with Crippen LogP contribution in [0.15, 0.2) is 61.1 Å². The van der Waals surface area contributed by atoms with Crippen LogP contribution in [-0.4, -0.2) is 14.9 Å². The fourth-order valence-corrected chi connectivity index (χ4v) is 2.53. The summed E-state index contributed by atoms with van der Waals surface area (Å²) < 4.78 is 19.4. The van der Waals surface area contributed by atoms with E-state index >= 15 is 0 Å². The molecule has 0 radical (unpaired) electrons. The van der Waals surface area contributed by atoms with E-state index < -0.39 is 10.7 Å². The molecule has 0 unspecified atom stereocenters. The first-order valence-corrected chi connectivity index (χ1v) is 8.12. The molecule has 2 heterocycles. The summed E-state index contributed by atoms with van der Waals surface area (Å²) in [4.78, 5) is 18.4. The lowest BCUT2D eigenvalue weighted by molar-refractivity contribution is -0.384. The normalized spacial score (nSPS) is 11.8. The van der Waals surface area contributed by atoms with Gasteiger partial charge in [0.15, 0.2) is 11.6 Å². The van der Waals surface area contributed by atoms with Crippen molar-refractivity contribution in [2.75, 3.05) is 16.0 Å². The maximum Gasteiger partial charge on any atom is 0.271 e. The van der Waals surface area contributed by atoms with Crippen molar-refractivity contribution >= 4 is 34.5 Å². The Balaban J connectivity index is 1.56. The largest absolute Gasteiger partial charge is 0.461 e. The first-order valence-electron chi connectivity index (χ1n) is 8.12. The maximum atomic E-state index is 14.1. The molecule has 2 aromatic carbocycles. The van der Waals surface area contributed by atoms with Crippen LogP contribution in [0.25, 0.3) is 0 Å². The number of rotatable bonds is 5. The quantitative estimate of drug-likeness (QED) is 0.444. The third kappa shape index (κ3) is 3.65. The van der Waals surface area contributed by atoms with Crippen LogP contribution in [0, 0.1) is 15.9 Å². The van der Waals surface area contributed by atoms with Crippen molar-refractivity contribution in [2.24, 2.45) is 0 Å². The van der Waals surface area contributed by atoms with E-state index in [-0.39, 0.29) is 17.5 Å². The number of hydrogen-bond acceptors (Lipinski definition) is 8. The van der Waals surface area contributed by atoms with Gasteiger partial charge >= 0.3 is 0 Å². The molecule has 0 aliphatic carbocycles. The van der Waals surface area contributed by atoms with E-state index in [1.54, 1.807) is 30.5 Å². The maximum absolute atomic E-state index is 14.1. The summed E-state index contributed by atoms with van der Waals surface area (Å²) in [5.74, 6) is 0.0192. The number of nitrogens with zero attached hydrogens (tertiary/aromatic N) is 3. The van der Waals surface area contributed by atoms with Gasteiger partial charge in [0, 0.05) is 29.7 Å². The molecule has 28 heavy (non-hydrogen) atoms. The molecule has 1 aromatic heterocycles. The molecule has 0 amide bonds. The molecule has 0 fully saturated rings. The SMILES string of the molecule is O=[N+]([O-])c1cccc(Nc2nc(Nc3ccc4c(c3)NC=CO4)ncc2F)c1. The van der Waals surface area contributed by atoms with Crippen LogP contribution in [0.2, 0.25) is 0 Å². The lowest BCUT2D eigenvalue weighted by atomic mass is 10.2. The van der Waals surface area contributed by atoms with Crippen molar-refractivity contribution in [3.63, 3.8) is 0 Å². The van der Waals surface area contributed by atoms with Crippen LogP contribution < -0.4 is 20.7 Å². The number of fused-ring (bicyclic) bond motifs is 1. The zero-order valence-corrected chi connectivity index (χ0v) is 14.2. The number of benzene rings is 2. The van der Waals surface area contributed by atoms with E-state index in [0.717, 1.165) is 11.9 Å². The highest BCUT2D eigenvalue weighted by atomic mass is 19.1. The molecule has 1 aliphatic heterocycles. The van der Waals surface area contributed by atoms with Crippen molar-refractivity contribution in [3.8, 4) is 5.75 Å². The second-order valence-corrected chi connectivity index (χ2v) is 5.72. The summed E-state index contributed by atoms with van der Waals surface area (Å²) in [6, 6.07) is 11.0. The summed E-state index contributed by atoms with van der Waals surface area (Å²) in [5, 5.41) is 19.6. The number of aromatic nitrogens is 2. The molecule has 9 nitrogen and oxygen atoms in total. The summed E-state index contributed by atoms with van der Waals surface area (Å²) in [5.41, 5.74) is 1.64. The number of nitrogens with one attached hydrogen (secondary N) is 3. The zero-order chi connectivity index (χ0) is 19.5. The highest BCUT2D eigenvalue weighted by molar-refractivity contribution is 5.69. The van der Waals surface area contributed by atoms with Gasteiger partial charge in [-0.3, -0.25) is 10.1 Å². The fourth-order valence-electron chi connectivity index (χ4n) is 2.53. The predicted octanol–water partition coefficient (Wildman–Crippen LogP) is 4.29. The lowest BCUT2D eigenvalue weighted by Crippen LogP contribution is -2.04. The minimum atomic E-state index is -0.692. The summed E-state index contributed by atoms with van der Waals surface area (Å²) in [6.07, 6.45) is 4.20. The Hall–Kier alpha value is -4.21. The minimum absolute atomic E-state index is 0.111. The Morgan fingerprint density at radius 2 is 2.00 bits per heavy atom. The van der Waals surface area contributed by atoms with E-state index in [1.807, 2.05) is 0 Å².